The fourth-order valence-corrected chi connectivity index (χ4v) is 1.87. The molecule has 0 aliphatic carbocycles. The zero-order valence-corrected chi connectivity index (χ0v) is 12.8. The largest absolute Gasteiger partial charge is 0.493 e. The van der Waals surface area contributed by atoms with Gasteiger partial charge in [0.05, 0.1) is 20.8 Å². The minimum atomic E-state index is 0.129. The van der Waals surface area contributed by atoms with Crippen molar-refractivity contribution in [3.8, 4) is 17.2 Å². The van der Waals surface area contributed by atoms with Crippen LogP contribution in [-0.2, 0) is 11.2 Å². The highest BCUT2D eigenvalue weighted by Gasteiger charge is 2.15. The fourth-order valence-electron chi connectivity index (χ4n) is 1.87. The van der Waals surface area contributed by atoms with E-state index in [4.69, 9.17) is 24.7 Å². The molecule has 0 aromatic heterocycles. The number of hydrogen-bond donors (Lipinski definition) is 1. The molecule has 0 saturated heterocycles. The lowest BCUT2D eigenvalue weighted by molar-refractivity contribution is 0.142. The average molecular weight is 283 g/mol. The van der Waals surface area contributed by atoms with E-state index in [0.29, 0.717) is 30.5 Å². The van der Waals surface area contributed by atoms with Gasteiger partial charge in [0.2, 0.25) is 5.75 Å². The van der Waals surface area contributed by atoms with Gasteiger partial charge in [0.15, 0.2) is 11.5 Å². The van der Waals surface area contributed by atoms with Crippen molar-refractivity contribution in [3.05, 3.63) is 17.7 Å². The highest BCUT2D eigenvalue weighted by atomic mass is 16.6. The molecule has 0 amide bonds. The Labute approximate surface area is 121 Å². The van der Waals surface area contributed by atoms with Crippen LogP contribution in [0.2, 0.25) is 0 Å². The lowest BCUT2D eigenvalue weighted by atomic mass is 10.0. The molecule has 1 aromatic carbocycles. The molecule has 0 radical (unpaired) electrons. The summed E-state index contributed by atoms with van der Waals surface area (Å²) in [6.07, 6.45) is 1.71. The number of ether oxygens (including phenoxy) is 4. The van der Waals surface area contributed by atoms with Crippen molar-refractivity contribution in [2.75, 3.05) is 34.5 Å². The number of methoxy groups -OCH3 is 3. The quantitative estimate of drug-likeness (QED) is 0.702. The maximum absolute atomic E-state index is 5.99. The fraction of sp³-hybridized carbons (Fsp3) is 0.600. The monoisotopic (exact) mass is 283 g/mol. The summed E-state index contributed by atoms with van der Waals surface area (Å²) in [5.74, 6) is 1.90. The van der Waals surface area contributed by atoms with Crippen LogP contribution in [0.15, 0.2) is 12.1 Å². The van der Waals surface area contributed by atoms with Crippen LogP contribution in [0, 0.1) is 0 Å². The summed E-state index contributed by atoms with van der Waals surface area (Å²) in [4.78, 5) is 0. The number of hydrogen-bond acceptors (Lipinski definition) is 5. The number of benzene rings is 1. The van der Waals surface area contributed by atoms with E-state index in [-0.39, 0.29) is 6.04 Å². The molecule has 0 spiro atoms. The van der Waals surface area contributed by atoms with Crippen molar-refractivity contribution in [1.29, 1.82) is 0 Å². The molecule has 1 rings (SSSR count). The van der Waals surface area contributed by atoms with E-state index >= 15 is 0 Å². The summed E-state index contributed by atoms with van der Waals surface area (Å²) in [7, 11) is 4.86. The zero-order chi connectivity index (χ0) is 15.0. The predicted molar refractivity (Wildman–Crippen MR) is 78.9 cm³/mol. The van der Waals surface area contributed by atoms with Gasteiger partial charge in [-0.15, -0.1) is 0 Å². The SMILES string of the molecule is CCC(N)Cc1cc(OC)c(OCCOC)c(OC)c1. The smallest absolute Gasteiger partial charge is 0.203 e. The Balaban J connectivity index is 2.98. The van der Waals surface area contributed by atoms with Gasteiger partial charge in [-0.2, -0.15) is 0 Å². The van der Waals surface area contributed by atoms with Gasteiger partial charge in [-0.25, -0.2) is 0 Å². The third-order valence-corrected chi connectivity index (χ3v) is 3.08. The number of rotatable bonds is 9. The van der Waals surface area contributed by atoms with Crippen LogP contribution in [-0.4, -0.2) is 40.6 Å². The van der Waals surface area contributed by atoms with Crippen molar-refractivity contribution in [3.63, 3.8) is 0 Å². The molecular weight excluding hydrogens is 258 g/mol. The van der Waals surface area contributed by atoms with Crippen molar-refractivity contribution in [1.82, 2.24) is 0 Å². The molecule has 0 aliphatic rings. The first-order valence-corrected chi connectivity index (χ1v) is 6.78. The maximum Gasteiger partial charge on any atom is 0.203 e. The molecule has 1 unspecified atom stereocenters. The van der Waals surface area contributed by atoms with Gasteiger partial charge >= 0.3 is 0 Å². The Morgan fingerprint density at radius 3 is 2.10 bits per heavy atom. The Kier molecular flexibility index (Phi) is 7.18. The van der Waals surface area contributed by atoms with Gasteiger partial charge in [-0.05, 0) is 30.5 Å². The second-order valence-corrected chi connectivity index (χ2v) is 4.54. The highest BCUT2D eigenvalue weighted by molar-refractivity contribution is 5.54. The molecule has 114 valence electrons. The van der Waals surface area contributed by atoms with Crippen LogP contribution < -0.4 is 19.9 Å². The highest BCUT2D eigenvalue weighted by Crippen LogP contribution is 2.38. The first kappa shape index (κ1) is 16.6. The maximum atomic E-state index is 5.99. The van der Waals surface area contributed by atoms with Crippen molar-refractivity contribution < 1.29 is 18.9 Å². The molecule has 1 atom stereocenters. The molecule has 2 N–H and O–H groups in total. The van der Waals surface area contributed by atoms with Crippen LogP contribution in [0.25, 0.3) is 0 Å². The van der Waals surface area contributed by atoms with E-state index in [1.165, 1.54) is 0 Å². The Bertz CT molecular complexity index is 384. The first-order chi connectivity index (χ1) is 9.65. The molecule has 0 saturated carbocycles. The third-order valence-electron chi connectivity index (χ3n) is 3.08. The molecular formula is C15H25NO4. The summed E-state index contributed by atoms with van der Waals surface area (Å²) in [5.41, 5.74) is 7.07. The van der Waals surface area contributed by atoms with E-state index in [9.17, 15) is 0 Å². The van der Waals surface area contributed by atoms with Gasteiger partial charge in [-0.3, -0.25) is 0 Å². The summed E-state index contributed by atoms with van der Waals surface area (Å²) >= 11 is 0. The molecule has 0 fully saturated rings. The van der Waals surface area contributed by atoms with Gasteiger partial charge in [-0.1, -0.05) is 6.92 Å². The second-order valence-electron chi connectivity index (χ2n) is 4.54. The first-order valence-electron chi connectivity index (χ1n) is 6.78. The summed E-state index contributed by atoms with van der Waals surface area (Å²) < 4.78 is 21.4. The Hall–Kier alpha value is -1.46. The normalized spacial score (nSPS) is 12.1. The van der Waals surface area contributed by atoms with Gasteiger partial charge < -0.3 is 24.7 Å². The van der Waals surface area contributed by atoms with Crippen LogP contribution in [0.4, 0.5) is 0 Å². The number of nitrogens with two attached hydrogens (primary N) is 1. The van der Waals surface area contributed by atoms with Gasteiger partial charge in [0, 0.05) is 13.2 Å². The summed E-state index contributed by atoms with van der Waals surface area (Å²) in [6.45, 7) is 3.02. The molecule has 5 nitrogen and oxygen atoms in total. The molecule has 5 heteroatoms. The van der Waals surface area contributed by atoms with E-state index in [1.807, 2.05) is 12.1 Å². The van der Waals surface area contributed by atoms with Crippen molar-refractivity contribution in [2.24, 2.45) is 5.73 Å². The van der Waals surface area contributed by atoms with E-state index in [1.54, 1.807) is 21.3 Å². The van der Waals surface area contributed by atoms with Gasteiger partial charge in [0.25, 0.3) is 0 Å². The molecule has 1 aromatic rings. The molecule has 20 heavy (non-hydrogen) atoms. The lowest BCUT2D eigenvalue weighted by Gasteiger charge is -2.17. The molecule has 0 aliphatic heterocycles. The zero-order valence-electron chi connectivity index (χ0n) is 12.8. The Morgan fingerprint density at radius 1 is 1.05 bits per heavy atom. The van der Waals surface area contributed by atoms with Crippen molar-refractivity contribution in [2.45, 2.75) is 25.8 Å². The van der Waals surface area contributed by atoms with Gasteiger partial charge in [0.1, 0.15) is 6.61 Å². The lowest BCUT2D eigenvalue weighted by Crippen LogP contribution is -2.21. The van der Waals surface area contributed by atoms with Crippen LogP contribution >= 0.6 is 0 Å². The van der Waals surface area contributed by atoms with Crippen LogP contribution in [0.3, 0.4) is 0 Å². The Morgan fingerprint density at radius 2 is 1.65 bits per heavy atom. The van der Waals surface area contributed by atoms with E-state index < -0.39 is 0 Å². The average Bonchev–Trinajstić information content (AvgIpc) is 2.47. The second kappa shape index (κ2) is 8.66. The third kappa shape index (κ3) is 4.58. The summed E-state index contributed by atoms with van der Waals surface area (Å²) in [5, 5.41) is 0. The predicted octanol–water partition coefficient (Wildman–Crippen LogP) is 2.01. The minimum absolute atomic E-state index is 0.129. The molecule has 0 heterocycles. The standard InChI is InChI=1S/C15H25NO4/c1-5-12(16)8-11-9-13(18-3)15(14(10-11)19-4)20-7-6-17-2/h9-10,12H,5-8,16H2,1-4H3. The van der Waals surface area contributed by atoms with Crippen molar-refractivity contribution >= 4 is 0 Å². The minimum Gasteiger partial charge on any atom is -0.493 e. The summed E-state index contributed by atoms with van der Waals surface area (Å²) in [6, 6.07) is 4.02. The van der Waals surface area contributed by atoms with Crippen LogP contribution in [0.5, 0.6) is 17.2 Å². The van der Waals surface area contributed by atoms with Crippen LogP contribution in [0.1, 0.15) is 18.9 Å². The van der Waals surface area contributed by atoms with E-state index in [0.717, 1.165) is 18.4 Å². The topological polar surface area (TPSA) is 62.9 Å². The molecule has 0 bridgehead atoms. The van der Waals surface area contributed by atoms with E-state index in [2.05, 4.69) is 6.92 Å².